The van der Waals surface area contributed by atoms with E-state index in [0.29, 0.717) is 12.0 Å². The maximum atomic E-state index is 12.8. The third-order valence-electron chi connectivity index (χ3n) is 3.15. The molecule has 0 unspecified atom stereocenters. The Labute approximate surface area is 98.6 Å². The summed E-state index contributed by atoms with van der Waals surface area (Å²) in [5, 5.41) is 0.148. The second-order valence-corrected chi connectivity index (χ2v) is 4.88. The quantitative estimate of drug-likeness (QED) is 0.860. The molecule has 0 atom stereocenters. The van der Waals surface area contributed by atoms with Crippen molar-refractivity contribution in [2.75, 3.05) is 0 Å². The van der Waals surface area contributed by atoms with Gasteiger partial charge in [0.2, 0.25) is 0 Å². The van der Waals surface area contributed by atoms with Crippen molar-refractivity contribution in [2.45, 2.75) is 37.6 Å². The first-order valence-electron chi connectivity index (χ1n) is 5.36. The van der Waals surface area contributed by atoms with E-state index in [1.165, 1.54) is 6.07 Å². The number of rotatable bonds is 4. The summed E-state index contributed by atoms with van der Waals surface area (Å²) >= 11 is 5.78. The molecule has 4 heteroatoms. The van der Waals surface area contributed by atoms with Gasteiger partial charge in [0.1, 0.15) is 0 Å². The fraction of sp³-hybridized carbons (Fsp3) is 0.500. The lowest BCUT2D eigenvalue weighted by molar-refractivity contribution is 0.150. The van der Waals surface area contributed by atoms with Crippen LogP contribution in [-0.4, -0.2) is 5.54 Å². The van der Waals surface area contributed by atoms with Gasteiger partial charge >= 0.3 is 0 Å². The monoisotopic (exact) mass is 245 g/mol. The molecule has 0 aliphatic heterocycles. The molecule has 1 fully saturated rings. The van der Waals surface area contributed by atoms with Crippen LogP contribution in [-0.2, 0) is 6.42 Å². The Bertz CT molecular complexity index is 389. The van der Waals surface area contributed by atoms with Gasteiger partial charge in [-0.2, -0.15) is 0 Å². The molecule has 16 heavy (non-hydrogen) atoms. The Kier molecular flexibility index (Phi) is 3.17. The number of hydrogen-bond acceptors (Lipinski definition) is 1. The van der Waals surface area contributed by atoms with E-state index in [2.05, 4.69) is 0 Å². The fourth-order valence-electron chi connectivity index (χ4n) is 1.84. The van der Waals surface area contributed by atoms with Crippen LogP contribution in [0.1, 0.15) is 36.8 Å². The second kappa shape index (κ2) is 4.30. The van der Waals surface area contributed by atoms with Crippen molar-refractivity contribution < 1.29 is 8.78 Å². The van der Waals surface area contributed by atoms with Crippen molar-refractivity contribution in [1.82, 2.24) is 0 Å². The molecular weight excluding hydrogens is 232 g/mol. The van der Waals surface area contributed by atoms with Crippen LogP contribution in [0.5, 0.6) is 0 Å². The highest BCUT2D eigenvalue weighted by molar-refractivity contribution is 6.31. The first kappa shape index (κ1) is 11.8. The van der Waals surface area contributed by atoms with Gasteiger partial charge < -0.3 is 5.73 Å². The van der Waals surface area contributed by atoms with Gasteiger partial charge in [-0.05, 0) is 37.3 Å². The van der Waals surface area contributed by atoms with Crippen molar-refractivity contribution >= 4 is 11.6 Å². The fourth-order valence-corrected chi connectivity index (χ4v) is 2.11. The largest absolute Gasteiger partial charge is 0.325 e. The van der Waals surface area contributed by atoms with E-state index in [1.807, 2.05) is 0 Å². The minimum absolute atomic E-state index is 0.0339. The second-order valence-electron chi connectivity index (χ2n) is 4.48. The molecule has 1 aromatic rings. The molecule has 0 saturated heterocycles. The molecule has 2 N–H and O–H groups in total. The van der Waals surface area contributed by atoms with Crippen LogP contribution in [0.15, 0.2) is 18.2 Å². The van der Waals surface area contributed by atoms with Gasteiger partial charge in [0.05, 0.1) is 0 Å². The number of aryl methyl sites for hydroxylation is 1. The van der Waals surface area contributed by atoms with E-state index in [0.717, 1.165) is 19.3 Å². The Morgan fingerprint density at radius 2 is 2.06 bits per heavy atom. The highest BCUT2D eigenvalue weighted by Crippen LogP contribution is 2.38. The molecule has 0 aromatic heterocycles. The lowest BCUT2D eigenvalue weighted by Gasteiger charge is -2.13. The first-order chi connectivity index (χ1) is 7.52. The Balaban J connectivity index is 2.15. The van der Waals surface area contributed by atoms with Gasteiger partial charge in [0.15, 0.2) is 0 Å². The summed E-state index contributed by atoms with van der Waals surface area (Å²) in [4.78, 5) is 0. The average molecular weight is 246 g/mol. The van der Waals surface area contributed by atoms with Crippen LogP contribution >= 0.6 is 11.6 Å². The predicted molar refractivity (Wildman–Crippen MR) is 60.9 cm³/mol. The molecule has 1 aromatic carbocycles. The normalized spacial score (nSPS) is 17.8. The minimum Gasteiger partial charge on any atom is -0.325 e. The molecule has 0 bridgehead atoms. The van der Waals surface area contributed by atoms with Crippen LogP contribution < -0.4 is 5.73 Å². The van der Waals surface area contributed by atoms with Crippen molar-refractivity contribution in [3.8, 4) is 0 Å². The molecular formula is C12H14ClF2N. The van der Waals surface area contributed by atoms with Crippen molar-refractivity contribution in [3.05, 3.63) is 34.3 Å². The summed E-state index contributed by atoms with van der Waals surface area (Å²) in [6.07, 6.45) is 0.815. The maximum absolute atomic E-state index is 12.8. The summed E-state index contributed by atoms with van der Waals surface area (Å²) in [5.74, 6) is 0. The summed E-state index contributed by atoms with van der Waals surface area (Å²) in [7, 11) is 0. The highest BCUT2D eigenvalue weighted by atomic mass is 35.5. The van der Waals surface area contributed by atoms with Gasteiger partial charge in [-0.25, -0.2) is 8.78 Å². The Hall–Kier alpha value is -0.670. The maximum Gasteiger partial charge on any atom is 0.265 e. The molecule has 0 radical (unpaired) electrons. The van der Waals surface area contributed by atoms with Gasteiger partial charge in [-0.15, -0.1) is 0 Å². The zero-order valence-corrected chi connectivity index (χ0v) is 9.61. The topological polar surface area (TPSA) is 26.0 Å². The molecule has 0 amide bonds. The first-order valence-corrected chi connectivity index (χ1v) is 5.74. The van der Waals surface area contributed by atoms with Crippen LogP contribution in [0.25, 0.3) is 0 Å². The third kappa shape index (κ3) is 2.53. The van der Waals surface area contributed by atoms with Gasteiger partial charge in [0.25, 0.3) is 6.43 Å². The number of benzene rings is 1. The van der Waals surface area contributed by atoms with Gasteiger partial charge in [-0.3, -0.25) is 0 Å². The smallest absolute Gasteiger partial charge is 0.265 e. The molecule has 88 valence electrons. The number of nitrogens with two attached hydrogens (primary N) is 1. The Morgan fingerprint density at radius 3 is 2.62 bits per heavy atom. The number of halogens is 3. The summed E-state index contributed by atoms with van der Waals surface area (Å²) in [6, 6.07) is 4.92. The van der Waals surface area contributed by atoms with E-state index in [9.17, 15) is 8.78 Å². The van der Waals surface area contributed by atoms with E-state index in [-0.39, 0.29) is 16.1 Å². The molecule has 0 heterocycles. The Morgan fingerprint density at radius 1 is 1.38 bits per heavy atom. The van der Waals surface area contributed by atoms with E-state index >= 15 is 0 Å². The van der Waals surface area contributed by atoms with E-state index in [4.69, 9.17) is 17.3 Å². The zero-order valence-electron chi connectivity index (χ0n) is 8.85. The average Bonchev–Trinajstić information content (AvgIpc) is 2.94. The standard InChI is InChI=1S/C12H14ClF2N/c13-9-3-1-2-8(10(9)11(14)15)4-5-12(16)6-7-12/h1-3,11H,4-7,16H2. The van der Waals surface area contributed by atoms with E-state index < -0.39 is 6.43 Å². The molecule has 1 saturated carbocycles. The minimum atomic E-state index is -2.52. The molecule has 2 rings (SSSR count). The summed E-state index contributed by atoms with van der Waals surface area (Å²) in [5.41, 5.74) is 6.42. The lowest BCUT2D eigenvalue weighted by Crippen LogP contribution is -2.22. The lowest BCUT2D eigenvalue weighted by atomic mass is 9.99. The number of hydrogen-bond donors (Lipinski definition) is 1. The molecule has 1 nitrogen and oxygen atoms in total. The molecule has 0 spiro atoms. The summed E-state index contributed by atoms with van der Waals surface area (Å²) in [6.45, 7) is 0. The molecule has 1 aliphatic rings. The van der Waals surface area contributed by atoms with Crippen molar-refractivity contribution in [1.29, 1.82) is 0 Å². The number of alkyl halides is 2. The summed E-state index contributed by atoms with van der Waals surface area (Å²) < 4.78 is 25.6. The molecule has 1 aliphatic carbocycles. The predicted octanol–water partition coefficient (Wildman–Crippen LogP) is 3.70. The van der Waals surface area contributed by atoms with Crippen molar-refractivity contribution in [2.24, 2.45) is 5.73 Å². The van der Waals surface area contributed by atoms with Crippen LogP contribution in [0.3, 0.4) is 0 Å². The van der Waals surface area contributed by atoms with Crippen LogP contribution in [0, 0.1) is 0 Å². The van der Waals surface area contributed by atoms with Crippen LogP contribution in [0.2, 0.25) is 5.02 Å². The van der Waals surface area contributed by atoms with Gasteiger partial charge in [0, 0.05) is 16.1 Å². The van der Waals surface area contributed by atoms with Crippen LogP contribution in [0.4, 0.5) is 8.78 Å². The van der Waals surface area contributed by atoms with E-state index in [1.54, 1.807) is 12.1 Å². The highest BCUT2D eigenvalue weighted by Gasteiger charge is 2.37. The van der Waals surface area contributed by atoms with Gasteiger partial charge in [-0.1, -0.05) is 23.7 Å². The SMILES string of the molecule is NC1(CCc2cccc(Cl)c2C(F)F)CC1. The van der Waals surface area contributed by atoms with Crippen molar-refractivity contribution in [3.63, 3.8) is 0 Å². The zero-order chi connectivity index (χ0) is 11.8. The third-order valence-corrected chi connectivity index (χ3v) is 3.48.